The number of rotatable bonds is 4. The smallest absolute Gasteiger partial charge is 0.0923 e. The minimum atomic E-state index is 0.750. The highest BCUT2D eigenvalue weighted by atomic mass is 15.1. The zero-order valence-corrected chi connectivity index (χ0v) is 12.5. The van der Waals surface area contributed by atoms with Crippen molar-refractivity contribution in [2.24, 2.45) is 0 Å². The molecule has 0 unspecified atom stereocenters. The standard InChI is InChI=1S/C19H16N4/c1-3-7-14(8-4-1)18-12-16(20-22-18)11-17-13-19(23-21-17)15-9-5-2-6-10-15/h1-10,12-13H,11H2,(H,20,22)(H,21,23). The lowest BCUT2D eigenvalue weighted by molar-refractivity contribution is 0.945. The Morgan fingerprint density at radius 1 is 0.609 bits per heavy atom. The lowest BCUT2D eigenvalue weighted by Gasteiger charge is -1.94. The number of benzene rings is 2. The number of aromatic nitrogens is 4. The summed E-state index contributed by atoms with van der Waals surface area (Å²) in [5, 5.41) is 15.0. The molecule has 0 amide bonds. The van der Waals surface area contributed by atoms with Gasteiger partial charge in [0.15, 0.2) is 0 Å². The lowest BCUT2D eigenvalue weighted by atomic mass is 10.1. The number of hydrogen-bond donors (Lipinski definition) is 2. The first-order chi connectivity index (χ1) is 11.4. The fourth-order valence-electron chi connectivity index (χ4n) is 2.62. The lowest BCUT2D eigenvalue weighted by Crippen LogP contribution is -1.88. The Hall–Kier alpha value is -3.14. The van der Waals surface area contributed by atoms with Crippen molar-refractivity contribution in [1.82, 2.24) is 20.4 Å². The second kappa shape index (κ2) is 5.93. The maximum absolute atomic E-state index is 4.39. The SMILES string of the molecule is c1ccc(-c2cc(Cc3cc(-c4ccccc4)n[nH]3)[nH]n2)cc1. The number of aromatic amines is 2. The summed E-state index contributed by atoms with van der Waals surface area (Å²) in [6.45, 7) is 0. The van der Waals surface area contributed by atoms with Crippen LogP contribution in [-0.4, -0.2) is 20.4 Å². The van der Waals surface area contributed by atoms with Gasteiger partial charge in [0, 0.05) is 28.9 Å². The van der Waals surface area contributed by atoms with E-state index >= 15 is 0 Å². The zero-order chi connectivity index (χ0) is 15.5. The average Bonchev–Trinajstić information content (AvgIpc) is 3.27. The first-order valence-electron chi connectivity index (χ1n) is 7.58. The van der Waals surface area contributed by atoms with Gasteiger partial charge in [0.2, 0.25) is 0 Å². The highest BCUT2D eigenvalue weighted by Crippen LogP contribution is 2.20. The molecular weight excluding hydrogens is 284 g/mol. The van der Waals surface area contributed by atoms with E-state index in [-0.39, 0.29) is 0 Å². The Morgan fingerprint density at radius 2 is 1.04 bits per heavy atom. The van der Waals surface area contributed by atoms with Gasteiger partial charge >= 0.3 is 0 Å². The van der Waals surface area contributed by atoms with Gasteiger partial charge in [-0.3, -0.25) is 10.2 Å². The number of hydrogen-bond acceptors (Lipinski definition) is 2. The summed E-state index contributed by atoms with van der Waals surface area (Å²) < 4.78 is 0. The maximum atomic E-state index is 4.39. The molecule has 0 radical (unpaired) electrons. The van der Waals surface area contributed by atoms with Crippen LogP contribution < -0.4 is 0 Å². The molecule has 23 heavy (non-hydrogen) atoms. The minimum absolute atomic E-state index is 0.750. The fraction of sp³-hybridized carbons (Fsp3) is 0.0526. The molecule has 0 atom stereocenters. The highest BCUT2D eigenvalue weighted by molar-refractivity contribution is 5.60. The predicted molar refractivity (Wildman–Crippen MR) is 90.9 cm³/mol. The van der Waals surface area contributed by atoms with Crippen LogP contribution in [0.4, 0.5) is 0 Å². The Labute approximate surface area is 134 Å². The van der Waals surface area contributed by atoms with Crippen molar-refractivity contribution in [3.05, 3.63) is 84.2 Å². The van der Waals surface area contributed by atoms with Gasteiger partial charge in [-0.15, -0.1) is 0 Å². The normalized spacial score (nSPS) is 10.8. The van der Waals surface area contributed by atoms with E-state index < -0.39 is 0 Å². The minimum Gasteiger partial charge on any atom is -0.282 e. The van der Waals surface area contributed by atoms with E-state index in [9.17, 15) is 0 Å². The monoisotopic (exact) mass is 300 g/mol. The van der Waals surface area contributed by atoms with Crippen LogP contribution in [0, 0.1) is 0 Å². The van der Waals surface area contributed by atoms with E-state index in [1.54, 1.807) is 0 Å². The third-order valence-corrected chi connectivity index (χ3v) is 3.78. The predicted octanol–water partition coefficient (Wildman–Crippen LogP) is 4.06. The molecule has 0 aliphatic rings. The Kier molecular flexibility index (Phi) is 3.48. The summed E-state index contributed by atoms with van der Waals surface area (Å²) in [4.78, 5) is 0. The van der Waals surface area contributed by atoms with Gasteiger partial charge in [-0.25, -0.2) is 0 Å². The van der Waals surface area contributed by atoms with Crippen molar-refractivity contribution < 1.29 is 0 Å². The molecule has 0 aliphatic carbocycles. The molecule has 0 bridgehead atoms. The summed E-state index contributed by atoms with van der Waals surface area (Å²) in [7, 11) is 0. The third-order valence-electron chi connectivity index (χ3n) is 3.78. The molecule has 0 saturated heterocycles. The van der Waals surface area contributed by atoms with Crippen molar-refractivity contribution in [2.75, 3.05) is 0 Å². The van der Waals surface area contributed by atoms with Gasteiger partial charge in [0.1, 0.15) is 0 Å². The molecule has 0 saturated carbocycles. The van der Waals surface area contributed by atoms with Gasteiger partial charge in [-0.2, -0.15) is 10.2 Å². The number of H-pyrrole nitrogens is 2. The van der Waals surface area contributed by atoms with Crippen LogP contribution in [0.1, 0.15) is 11.4 Å². The second-order valence-electron chi connectivity index (χ2n) is 5.47. The van der Waals surface area contributed by atoms with Crippen LogP contribution in [0.2, 0.25) is 0 Å². The first kappa shape index (κ1) is 13.5. The van der Waals surface area contributed by atoms with Gasteiger partial charge in [-0.05, 0) is 12.1 Å². The third kappa shape index (κ3) is 2.92. The van der Waals surface area contributed by atoms with Gasteiger partial charge in [0.25, 0.3) is 0 Å². The molecule has 112 valence electrons. The van der Waals surface area contributed by atoms with Crippen LogP contribution in [0.15, 0.2) is 72.8 Å². The summed E-state index contributed by atoms with van der Waals surface area (Å²) >= 11 is 0. The largest absolute Gasteiger partial charge is 0.282 e. The van der Waals surface area contributed by atoms with Crippen molar-refractivity contribution in [3.8, 4) is 22.5 Å². The summed E-state index contributed by atoms with van der Waals surface area (Å²) in [5.74, 6) is 0. The van der Waals surface area contributed by atoms with Gasteiger partial charge < -0.3 is 0 Å². The zero-order valence-electron chi connectivity index (χ0n) is 12.5. The van der Waals surface area contributed by atoms with Crippen molar-refractivity contribution in [3.63, 3.8) is 0 Å². The fourth-order valence-corrected chi connectivity index (χ4v) is 2.62. The molecule has 4 nitrogen and oxygen atoms in total. The van der Waals surface area contributed by atoms with E-state index in [1.807, 2.05) is 36.4 Å². The number of nitrogens with zero attached hydrogens (tertiary/aromatic N) is 2. The van der Waals surface area contributed by atoms with E-state index in [0.29, 0.717) is 0 Å². The maximum Gasteiger partial charge on any atom is 0.0923 e. The van der Waals surface area contributed by atoms with Crippen molar-refractivity contribution in [1.29, 1.82) is 0 Å². The first-order valence-corrected chi connectivity index (χ1v) is 7.58. The van der Waals surface area contributed by atoms with E-state index in [4.69, 9.17) is 0 Å². The summed E-state index contributed by atoms with van der Waals surface area (Å²) in [5.41, 5.74) is 6.28. The topological polar surface area (TPSA) is 57.4 Å². The average molecular weight is 300 g/mol. The van der Waals surface area contributed by atoms with Crippen LogP contribution in [-0.2, 0) is 6.42 Å². The van der Waals surface area contributed by atoms with Crippen LogP contribution in [0.25, 0.3) is 22.5 Å². The highest BCUT2D eigenvalue weighted by Gasteiger charge is 2.07. The molecule has 2 aromatic heterocycles. The molecule has 4 aromatic rings. The quantitative estimate of drug-likeness (QED) is 0.597. The van der Waals surface area contributed by atoms with E-state index in [2.05, 4.69) is 56.8 Å². The molecular formula is C19H16N4. The summed E-state index contributed by atoms with van der Waals surface area (Å²) in [6, 6.07) is 24.5. The molecule has 0 fully saturated rings. The molecule has 0 aliphatic heterocycles. The van der Waals surface area contributed by atoms with Gasteiger partial charge in [-0.1, -0.05) is 60.7 Å². The molecule has 4 rings (SSSR count). The van der Waals surface area contributed by atoms with E-state index in [1.165, 1.54) is 0 Å². The molecule has 2 heterocycles. The summed E-state index contributed by atoms with van der Waals surface area (Å²) in [6.07, 6.45) is 0.750. The molecule has 2 N–H and O–H groups in total. The van der Waals surface area contributed by atoms with Gasteiger partial charge in [0.05, 0.1) is 11.4 Å². The molecule has 0 spiro atoms. The number of nitrogens with one attached hydrogen (secondary N) is 2. The molecule has 2 aromatic carbocycles. The van der Waals surface area contributed by atoms with Crippen molar-refractivity contribution >= 4 is 0 Å². The van der Waals surface area contributed by atoms with E-state index in [0.717, 1.165) is 40.3 Å². The Bertz CT molecular complexity index is 816. The second-order valence-corrected chi connectivity index (χ2v) is 5.47. The van der Waals surface area contributed by atoms with Crippen LogP contribution in [0.3, 0.4) is 0 Å². The Morgan fingerprint density at radius 3 is 1.48 bits per heavy atom. The Balaban J connectivity index is 1.53. The van der Waals surface area contributed by atoms with Crippen molar-refractivity contribution in [2.45, 2.75) is 6.42 Å². The van der Waals surface area contributed by atoms with Crippen LogP contribution >= 0.6 is 0 Å². The molecule has 4 heteroatoms. The van der Waals surface area contributed by atoms with Crippen LogP contribution in [0.5, 0.6) is 0 Å².